The Labute approximate surface area is 118 Å². The highest BCUT2D eigenvalue weighted by Crippen LogP contribution is 2.18. The van der Waals surface area contributed by atoms with E-state index in [1.807, 2.05) is 0 Å². The van der Waals surface area contributed by atoms with Crippen molar-refractivity contribution in [1.29, 1.82) is 0 Å². The quantitative estimate of drug-likeness (QED) is 0.523. The molecule has 0 heterocycles. The van der Waals surface area contributed by atoms with Gasteiger partial charge >= 0.3 is 12.0 Å². The molecule has 0 aromatic rings. The summed E-state index contributed by atoms with van der Waals surface area (Å²) in [6, 6.07) is -0.0640. The van der Waals surface area contributed by atoms with Crippen molar-refractivity contribution in [2.24, 2.45) is 0 Å². The largest absolute Gasteiger partial charge is 0.481 e. The summed E-state index contributed by atoms with van der Waals surface area (Å²) in [5.41, 5.74) is -0.598. The second kappa shape index (κ2) is 7.12. The Kier molecular flexibility index (Phi) is 5.79. The number of rotatable bonds is 8. The van der Waals surface area contributed by atoms with Crippen LogP contribution in [0.25, 0.3) is 0 Å². The number of hydrogen-bond donors (Lipinski definition) is 4. The van der Waals surface area contributed by atoms with Crippen LogP contribution in [0.3, 0.4) is 0 Å². The summed E-state index contributed by atoms with van der Waals surface area (Å²) in [6.07, 6.45) is 2.67. The Bertz CT molecular complexity index is 378. The highest BCUT2D eigenvalue weighted by Gasteiger charge is 2.23. The van der Waals surface area contributed by atoms with Crippen LogP contribution in [0.5, 0.6) is 0 Å². The lowest BCUT2D eigenvalue weighted by Crippen LogP contribution is -2.49. The molecule has 0 bridgehead atoms. The van der Waals surface area contributed by atoms with Crippen LogP contribution in [0.2, 0.25) is 0 Å². The van der Waals surface area contributed by atoms with E-state index in [0.717, 1.165) is 12.8 Å². The van der Waals surface area contributed by atoms with Crippen LogP contribution in [0.1, 0.15) is 46.0 Å². The lowest BCUT2D eigenvalue weighted by molar-refractivity contribution is -0.137. The van der Waals surface area contributed by atoms with Gasteiger partial charge in [0.25, 0.3) is 0 Å². The van der Waals surface area contributed by atoms with Crippen LogP contribution in [-0.2, 0) is 9.59 Å². The number of carboxylic acid groups (broad SMARTS) is 1. The Morgan fingerprint density at radius 1 is 1.20 bits per heavy atom. The van der Waals surface area contributed by atoms with Crippen molar-refractivity contribution in [3.05, 3.63) is 0 Å². The number of aliphatic carboxylic acids is 1. The predicted molar refractivity (Wildman–Crippen MR) is 73.3 cm³/mol. The van der Waals surface area contributed by atoms with E-state index in [4.69, 9.17) is 5.11 Å². The van der Waals surface area contributed by atoms with Crippen molar-refractivity contribution in [3.8, 4) is 0 Å². The SMILES string of the molecule is CC(C)(CCC(=O)O)NC(=O)NCCC(=O)NC1CC1. The number of hydrogen-bond acceptors (Lipinski definition) is 3. The zero-order valence-corrected chi connectivity index (χ0v) is 12.0. The molecule has 0 aromatic heterocycles. The minimum atomic E-state index is -0.892. The molecular weight excluding hydrogens is 262 g/mol. The molecule has 1 rings (SSSR count). The van der Waals surface area contributed by atoms with Crippen LogP contribution in [-0.4, -0.2) is 41.1 Å². The Morgan fingerprint density at radius 2 is 1.85 bits per heavy atom. The summed E-state index contributed by atoms with van der Waals surface area (Å²) >= 11 is 0. The van der Waals surface area contributed by atoms with Crippen molar-refractivity contribution in [1.82, 2.24) is 16.0 Å². The molecule has 20 heavy (non-hydrogen) atoms. The van der Waals surface area contributed by atoms with E-state index in [9.17, 15) is 14.4 Å². The third-order valence-corrected chi connectivity index (χ3v) is 3.00. The van der Waals surface area contributed by atoms with Gasteiger partial charge in [-0.05, 0) is 33.1 Å². The van der Waals surface area contributed by atoms with Gasteiger partial charge in [0.1, 0.15) is 0 Å². The topological polar surface area (TPSA) is 108 Å². The number of amides is 3. The normalized spacial score (nSPS) is 14.5. The summed E-state index contributed by atoms with van der Waals surface area (Å²) in [4.78, 5) is 33.5. The Balaban J connectivity index is 2.14. The molecule has 4 N–H and O–H groups in total. The van der Waals surface area contributed by atoms with Crippen molar-refractivity contribution in [2.75, 3.05) is 6.54 Å². The summed E-state index contributed by atoms with van der Waals surface area (Å²) in [6.45, 7) is 3.78. The van der Waals surface area contributed by atoms with E-state index >= 15 is 0 Å². The van der Waals surface area contributed by atoms with Crippen molar-refractivity contribution < 1.29 is 19.5 Å². The number of carbonyl (C=O) groups excluding carboxylic acids is 2. The van der Waals surface area contributed by atoms with E-state index in [1.165, 1.54) is 0 Å². The van der Waals surface area contributed by atoms with Crippen LogP contribution in [0, 0.1) is 0 Å². The molecule has 1 aliphatic rings. The number of carbonyl (C=O) groups is 3. The molecule has 1 fully saturated rings. The van der Waals surface area contributed by atoms with Gasteiger partial charge in [0.15, 0.2) is 0 Å². The maximum Gasteiger partial charge on any atom is 0.315 e. The van der Waals surface area contributed by atoms with Gasteiger partial charge in [-0.15, -0.1) is 0 Å². The molecule has 114 valence electrons. The molecule has 0 saturated heterocycles. The van der Waals surface area contributed by atoms with Crippen molar-refractivity contribution in [3.63, 3.8) is 0 Å². The minimum absolute atomic E-state index is 0.00290. The lowest BCUT2D eigenvalue weighted by Gasteiger charge is -2.25. The fraction of sp³-hybridized carbons (Fsp3) is 0.769. The zero-order chi connectivity index (χ0) is 15.2. The molecule has 0 aliphatic heterocycles. The number of carboxylic acids is 1. The first-order chi connectivity index (χ1) is 9.28. The van der Waals surface area contributed by atoms with E-state index in [2.05, 4.69) is 16.0 Å². The molecular formula is C13H23N3O4. The van der Waals surface area contributed by atoms with Crippen LogP contribution in [0.4, 0.5) is 4.79 Å². The van der Waals surface area contributed by atoms with Crippen molar-refractivity contribution in [2.45, 2.75) is 57.5 Å². The summed E-state index contributed by atoms with van der Waals surface area (Å²) in [5.74, 6) is -0.949. The fourth-order valence-electron chi connectivity index (χ4n) is 1.65. The van der Waals surface area contributed by atoms with Gasteiger partial charge in [-0.25, -0.2) is 4.79 Å². The smallest absolute Gasteiger partial charge is 0.315 e. The monoisotopic (exact) mass is 285 g/mol. The van der Waals surface area contributed by atoms with Crippen LogP contribution in [0.15, 0.2) is 0 Å². The number of nitrogens with one attached hydrogen (secondary N) is 3. The van der Waals surface area contributed by atoms with Gasteiger partial charge in [-0.3, -0.25) is 9.59 Å². The third kappa shape index (κ3) is 7.60. The zero-order valence-electron chi connectivity index (χ0n) is 12.0. The highest BCUT2D eigenvalue weighted by atomic mass is 16.4. The van der Waals surface area contributed by atoms with E-state index in [-0.39, 0.29) is 31.3 Å². The first kappa shape index (κ1) is 16.3. The van der Waals surface area contributed by atoms with E-state index in [0.29, 0.717) is 12.5 Å². The van der Waals surface area contributed by atoms with E-state index < -0.39 is 11.5 Å². The van der Waals surface area contributed by atoms with E-state index in [1.54, 1.807) is 13.8 Å². The average Bonchev–Trinajstić information content (AvgIpc) is 3.09. The van der Waals surface area contributed by atoms with Crippen molar-refractivity contribution >= 4 is 17.9 Å². The maximum atomic E-state index is 11.6. The van der Waals surface area contributed by atoms with Gasteiger partial charge in [0.05, 0.1) is 0 Å². The van der Waals surface area contributed by atoms with Gasteiger partial charge in [0.2, 0.25) is 5.91 Å². The molecule has 7 heteroatoms. The lowest BCUT2D eigenvalue weighted by atomic mass is 9.99. The minimum Gasteiger partial charge on any atom is -0.481 e. The molecule has 3 amide bonds. The summed E-state index contributed by atoms with van der Waals surface area (Å²) in [7, 11) is 0. The molecule has 1 aliphatic carbocycles. The average molecular weight is 285 g/mol. The second-order valence-electron chi connectivity index (χ2n) is 5.75. The predicted octanol–water partition coefficient (Wildman–Crippen LogP) is 0.598. The Hall–Kier alpha value is -1.79. The first-order valence-corrected chi connectivity index (χ1v) is 6.86. The fourth-order valence-corrected chi connectivity index (χ4v) is 1.65. The first-order valence-electron chi connectivity index (χ1n) is 6.86. The molecule has 1 saturated carbocycles. The standard InChI is InChI=1S/C13H23N3O4/c1-13(2,7-5-11(18)19)16-12(20)14-8-6-10(17)15-9-3-4-9/h9H,3-8H2,1-2H3,(H,15,17)(H,18,19)(H2,14,16,20). The maximum absolute atomic E-state index is 11.6. The molecule has 0 atom stereocenters. The van der Waals surface area contributed by atoms with Gasteiger partial charge < -0.3 is 21.1 Å². The summed E-state index contributed by atoms with van der Waals surface area (Å²) in [5, 5.41) is 16.7. The summed E-state index contributed by atoms with van der Waals surface area (Å²) < 4.78 is 0. The number of urea groups is 1. The molecule has 7 nitrogen and oxygen atoms in total. The van der Waals surface area contributed by atoms with Gasteiger partial charge in [-0.2, -0.15) is 0 Å². The van der Waals surface area contributed by atoms with Gasteiger partial charge in [0, 0.05) is 31.0 Å². The van der Waals surface area contributed by atoms with Crippen LogP contribution < -0.4 is 16.0 Å². The molecule has 0 aromatic carbocycles. The third-order valence-electron chi connectivity index (χ3n) is 3.00. The van der Waals surface area contributed by atoms with Gasteiger partial charge in [-0.1, -0.05) is 0 Å². The molecule has 0 radical (unpaired) electrons. The molecule has 0 unspecified atom stereocenters. The molecule has 0 spiro atoms. The Morgan fingerprint density at radius 3 is 2.40 bits per heavy atom. The second-order valence-corrected chi connectivity index (χ2v) is 5.75. The highest BCUT2D eigenvalue weighted by molar-refractivity contribution is 5.78. The van der Waals surface area contributed by atoms with Crippen LogP contribution >= 0.6 is 0 Å².